The SMILES string of the molecule is Cc1cc(S(=O)(=O)Nc2ncccn2)ccc1C#CCN. The van der Waals surface area contributed by atoms with Crippen LogP contribution in [-0.4, -0.2) is 24.9 Å². The van der Waals surface area contributed by atoms with Crippen molar-refractivity contribution in [2.75, 3.05) is 11.3 Å². The molecule has 3 N–H and O–H groups in total. The maximum Gasteiger partial charge on any atom is 0.264 e. The Bertz CT molecular complexity index is 793. The molecule has 2 aromatic rings. The van der Waals surface area contributed by atoms with Crippen LogP contribution in [0.5, 0.6) is 0 Å². The maximum atomic E-state index is 12.2. The van der Waals surface area contributed by atoms with E-state index in [1.54, 1.807) is 25.1 Å². The van der Waals surface area contributed by atoms with Gasteiger partial charge in [0.2, 0.25) is 5.95 Å². The number of nitrogens with zero attached hydrogens (tertiary/aromatic N) is 2. The predicted molar refractivity (Wildman–Crippen MR) is 80.0 cm³/mol. The quantitative estimate of drug-likeness (QED) is 0.821. The second kappa shape index (κ2) is 6.35. The summed E-state index contributed by atoms with van der Waals surface area (Å²) in [5.41, 5.74) is 6.82. The molecule has 0 saturated carbocycles. The van der Waals surface area contributed by atoms with Gasteiger partial charge in [0.1, 0.15) is 0 Å². The Kier molecular flexibility index (Phi) is 4.52. The van der Waals surface area contributed by atoms with Crippen LogP contribution in [0.25, 0.3) is 0 Å². The zero-order valence-electron chi connectivity index (χ0n) is 11.4. The Hall–Kier alpha value is -2.43. The second-order valence-corrected chi connectivity index (χ2v) is 5.84. The molecule has 7 heteroatoms. The van der Waals surface area contributed by atoms with Crippen molar-refractivity contribution in [2.45, 2.75) is 11.8 Å². The van der Waals surface area contributed by atoms with Crippen LogP contribution in [0.4, 0.5) is 5.95 Å². The average molecular weight is 302 g/mol. The first-order chi connectivity index (χ1) is 10.0. The number of aromatic nitrogens is 2. The van der Waals surface area contributed by atoms with Crippen molar-refractivity contribution in [3.05, 3.63) is 47.8 Å². The third-order valence-electron chi connectivity index (χ3n) is 2.62. The van der Waals surface area contributed by atoms with Crippen LogP contribution >= 0.6 is 0 Å². The molecule has 2 rings (SSSR count). The van der Waals surface area contributed by atoms with Gasteiger partial charge in [0.05, 0.1) is 11.4 Å². The molecule has 0 unspecified atom stereocenters. The molecule has 1 heterocycles. The van der Waals surface area contributed by atoms with Gasteiger partial charge in [0.25, 0.3) is 10.0 Å². The topological polar surface area (TPSA) is 98.0 Å². The van der Waals surface area contributed by atoms with Gasteiger partial charge in [-0.15, -0.1) is 0 Å². The Morgan fingerprint density at radius 2 is 2.00 bits per heavy atom. The first-order valence-corrected chi connectivity index (χ1v) is 7.60. The standard InChI is InChI=1S/C14H14N4O2S/c1-11-10-13(6-5-12(11)4-2-7-15)21(19,20)18-14-16-8-3-9-17-14/h3,5-6,8-10H,7,15H2,1H3,(H,16,17,18). The van der Waals surface area contributed by atoms with Gasteiger partial charge >= 0.3 is 0 Å². The molecular weight excluding hydrogens is 288 g/mol. The van der Waals surface area contributed by atoms with Gasteiger partial charge in [-0.25, -0.2) is 23.1 Å². The molecule has 0 spiro atoms. The fraction of sp³-hybridized carbons (Fsp3) is 0.143. The van der Waals surface area contributed by atoms with Gasteiger partial charge in [-0.3, -0.25) is 0 Å². The molecule has 0 fully saturated rings. The maximum absolute atomic E-state index is 12.2. The Balaban J connectivity index is 2.31. The van der Waals surface area contributed by atoms with E-state index in [0.717, 1.165) is 11.1 Å². The average Bonchev–Trinajstić information content (AvgIpc) is 2.46. The molecule has 108 valence electrons. The summed E-state index contributed by atoms with van der Waals surface area (Å²) in [6.07, 6.45) is 2.92. The number of anilines is 1. The summed E-state index contributed by atoms with van der Waals surface area (Å²) in [4.78, 5) is 7.79. The number of rotatable bonds is 3. The third kappa shape index (κ3) is 3.78. The molecule has 0 aliphatic heterocycles. The number of aryl methyl sites for hydroxylation is 1. The van der Waals surface area contributed by atoms with Crippen LogP contribution in [0.1, 0.15) is 11.1 Å². The van der Waals surface area contributed by atoms with Gasteiger partial charge in [-0.1, -0.05) is 11.8 Å². The van der Waals surface area contributed by atoms with Crippen LogP contribution in [0.3, 0.4) is 0 Å². The Morgan fingerprint density at radius 1 is 1.29 bits per heavy atom. The minimum Gasteiger partial charge on any atom is -0.320 e. The van der Waals surface area contributed by atoms with E-state index in [4.69, 9.17) is 5.73 Å². The van der Waals surface area contributed by atoms with Gasteiger partial charge in [0.15, 0.2) is 0 Å². The molecule has 0 saturated heterocycles. The third-order valence-corrected chi connectivity index (χ3v) is 3.95. The second-order valence-electron chi connectivity index (χ2n) is 4.16. The lowest BCUT2D eigenvalue weighted by molar-refractivity contribution is 0.600. The molecule has 0 amide bonds. The highest BCUT2D eigenvalue weighted by molar-refractivity contribution is 7.92. The highest BCUT2D eigenvalue weighted by atomic mass is 32.2. The molecule has 0 radical (unpaired) electrons. The van der Waals surface area contributed by atoms with E-state index in [1.165, 1.54) is 18.5 Å². The van der Waals surface area contributed by atoms with E-state index in [0.29, 0.717) is 0 Å². The highest BCUT2D eigenvalue weighted by Gasteiger charge is 2.16. The normalized spacial score (nSPS) is 10.6. The van der Waals surface area contributed by atoms with Crippen molar-refractivity contribution < 1.29 is 8.42 Å². The number of sulfonamides is 1. The van der Waals surface area contributed by atoms with Gasteiger partial charge < -0.3 is 5.73 Å². The van der Waals surface area contributed by atoms with Crippen molar-refractivity contribution in [1.82, 2.24) is 9.97 Å². The van der Waals surface area contributed by atoms with Crippen molar-refractivity contribution >= 4 is 16.0 Å². The minimum absolute atomic E-state index is 0.0298. The molecule has 6 nitrogen and oxygen atoms in total. The van der Waals surface area contributed by atoms with E-state index < -0.39 is 10.0 Å². The Labute approximate surface area is 123 Å². The number of nitrogens with one attached hydrogen (secondary N) is 1. The molecule has 0 atom stereocenters. The van der Waals surface area contributed by atoms with Crippen molar-refractivity contribution in [3.8, 4) is 11.8 Å². The zero-order chi connectivity index (χ0) is 15.3. The van der Waals surface area contributed by atoms with Crippen molar-refractivity contribution in [1.29, 1.82) is 0 Å². The Morgan fingerprint density at radius 3 is 2.62 bits per heavy atom. The molecular formula is C14H14N4O2S. The molecule has 0 aliphatic carbocycles. The van der Waals surface area contributed by atoms with E-state index in [9.17, 15) is 8.42 Å². The summed E-state index contributed by atoms with van der Waals surface area (Å²) >= 11 is 0. The van der Waals surface area contributed by atoms with Gasteiger partial charge in [-0.05, 0) is 36.8 Å². The number of benzene rings is 1. The van der Waals surface area contributed by atoms with Crippen LogP contribution in [0, 0.1) is 18.8 Å². The van der Waals surface area contributed by atoms with Crippen LogP contribution in [-0.2, 0) is 10.0 Å². The summed E-state index contributed by atoms with van der Waals surface area (Å²) in [7, 11) is -3.72. The first-order valence-electron chi connectivity index (χ1n) is 6.12. The van der Waals surface area contributed by atoms with Crippen molar-refractivity contribution in [2.24, 2.45) is 5.73 Å². The van der Waals surface area contributed by atoms with Crippen LogP contribution in [0.15, 0.2) is 41.6 Å². The largest absolute Gasteiger partial charge is 0.320 e. The molecule has 1 aromatic carbocycles. The molecule has 1 aromatic heterocycles. The van der Waals surface area contributed by atoms with E-state index >= 15 is 0 Å². The summed E-state index contributed by atoms with van der Waals surface area (Å²) < 4.78 is 26.8. The lowest BCUT2D eigenvalue weighted by Gasteiger charge is -2.07. The monoisotopic (exact) mass is 302 g/mol. The fourth-order valence-electron chi connectivity index (χ4n) is 1.62. The number of hydrogen-bond donors (Lipinski definition) is 2. The first kappa shape index (κ1) is 15.0. The van der Waals surface area contributed by atoms with E-state index in [2.05, 4.69) is 26.5 Å². The summed E-state index contributed by atoms with van der Waals surface area (Å²) in [6, 6.07) is 6.29. The highest BCUT2D eigenvalue weighted by Crippen LogP contribution is 2.17. The molecule has 0 bridgehead atoms. The predicted octanol–water partition coefficient (Wildman–Crippen LogP) is 0.896. The zero-order valence-corrected chi connectivity index (χ0v) is 12.2. The van der Waals surface area contributed by atoms with Crippen molar-refractivity contribution in [3.63, 3.8) is 0 Å². The molecule has 0 aliphatic rings. The van der Waals surface area contributed by atoms with E-state index in [1.807, 2.05) is 0 Å². The van der Waals surface area contributed by atoms with Crippen LogP contribution < -0.4 is 10.5 Å². The molecule has 21 heavy (non-hydrogen) atoms. The smallest absolute Gasteiger partial charge is 0.264 e. The van der Waals surface area contributed by atoms with Crippen LogP contribution in [0.2, 0.25) is 0 Å². The summed E-state index contributed by atoms with van der Waals surface area (Å²) in [5, 5.41) is 0. The number of hydrogen-bond acceptors (Lipinski definition) is 5. The lowest BCUT2D eigenvalue weighted by atomic mass is 10.1. The van der Waals surface area contributed by atoms with Gasteiger partial charge in [-0.2, -0.15) is 0 Å². The fourth-order valence-corrected chi connectivity index (χ4v) is 2.66. The summed E-state index contributed by atoms with van der Waals surface area (Å²) in [6.45, 7) is 2.05. The lowest BCUT2D eigenvalue weighted by Crippen LogP contribution is -2.15. The summed E-state index contributed by atoms with van der Waals surface area (Å²) in [5.74, 6) is 5.65. The van der Waals surface area contributed by atoms with Gasteiger partial charge in [0, 0.05) is 18.0 Å². The number of nitrogens with two attached hydrogens (primary N) is 1. The van der Waals surface area contributed by atoms with E-state index in [-0.39, 0.29) is 17.4 Å². The minimum atomic E-state index is -3.72.